The Hall–Kier alpha value is -1.40. The maximum atomic E-state index is 12.6. The molecule has 0 N–H and O–H groups in total. The van der Waals surface area contributed by atoms with Crippen molar-refractivity contribution in [2.45, 2.75) is 32.2 Å². The summed E-state index contributed by atoms with van der Waals surface area (Å²) in [4.78, 5) is 28.6. The van der Waals surface area contributed by atoms with Gasteiger partial charge in [0.1, 0.15) is 5.75 Å². The summed E-state index contributed by atoms with van der Waals surface area (Å²) in [7, 11) is 3.56. The first-order chi connectivity index (χ1) is 11.5. The molecule has 1 aliphatic carbocycles. The van der Waals surface area contributed by atoms with E-state index in [1.807, 2.05) is 30.1 Å². The smallest absolute Gasteiger partial charge is 0.234 e. The number of carbonyl (C=O) groups excluding carboxylic acids is 2. The normalized spacial score (nSPS) is 23.8. The van der Waals surface area contributed by atoms with E-state index in [0.717, 1.165) is 41.5 Å². The summed E-state index contributed by atoms with van der Waals surface area (Å²) >= 11 is 3.47. The summed E-state index contributed by atoms with van der Waals surface area (Å²) in [6.07, 6.45) is 3.82. The minimum absolute atomic E-state index is 0.0118. The zero-order valence-electron chi connectivity index (χ0n) is 14.1. The van der Waals surface area contributed by atoms with Crippen LogP contribution in [0.15, 0.2) is 22.7 Å². The van der Waals surface area contributed by atoms with Crippen LogP contribution in [0.5, 0.6) is 5.75 Å². The second kappa shape index (κ2) is 7.23. The van der Waals surface area contributed by atoms with E-state index < -0.39 is 0 Å². The van der Waals surface area contributed by atoms with Gasteiger partial charge in [-0.2, -0.15) is 0 Å². The Morgan fingerprint density at radius 2 is 1.83 bits per heavy atom. The molecule has 2 fully saturated rings. The van der Waals surface area contributed by atoms with Gasteiger partial charge >= 0.3 is 0 Å². The molecular formula is C18H23BrN2O3. The van der Waals surface area contributed by atoms with Gasteiger partial charge < -0.3 is 4.74 Å². The van der Waals surface area contributed by atoms with Crippen LogP contribution in [0.4, 0.5) is 0 Å². The van der Waals surface area contributed by atoms with E-state index in [0.29, 0.717) is 13.2 Å². The van der Waals surface area contributed by atoms with Gasteiger partial charge in [0.2, 0.25) is 11.8 Å². The molecule has 1 saturated heterocycles. The lowest BCUT2D eigenvalue weighted by atomic mass is 9.81. The zero-order valence-corrected chi connectivity index (χ0v) is 15.7. The number of rotatable bonds is 5. The molecular weight excluding hydrogens is 372 g/mol. The standard InChI is InChI=1S/C18H23BrN2O3/c1-20(10-12-9-13(19)7-8-16(12)24-2)11-21-17(22)14-5-3-4-6-15(14)18(21)23/h7-9,14-15H,3-6,10-11H2,1-2H3/t14-,15-/m0/s1. The Morgan fingerprint density at radius 1 is 1.21 bits per heavy atom. The lowest BCUT2D eigenvalue weighted by Gasteiger charge is -2.24. The van der Waals surface area contributed by atoms with Crippen molar-refractivity contribution in [1.82, 2.24) is 9.80 Å². The number of carbonyl (C=O) groups is 2. The van der Waals surface area contributed by atoms with Crippen molar-refractivity contribution in [3.63, 3.8) is 0 Å². The third-order valence-electron chi connectivity index (χ3n) is 5.00. The number of benzene rings is 1. The Bertz CT molecular complexity index is 625. The molecule has 0 spiro atoms. The fraction of sp³-hybridized carbons (Fsp3) is 0.556. The van der Waals surface area contributed by atoms with Crippen LogP contribution in [-0.4, -0.2) is 42.4 Å². The molecule has 2 aliphatic rings. The largest absolute Gasteiger partial charge is 0.496 e. The first-order valence-corrected chi connectivity index (χ1v) is 9.16. The molecule has 24 heavy (non-hydrogen) atoms. The molecule has 0 radical (unpaired) electrons. The predicted molar refractivity (Wildman–Crippen MR) is 94.3 cm³/mol. The van der Waals surface area contributed by atoms with Crippen LogP contribution in [0.25, 0.3) is 0 Å². The van der Waals surface area contributed by atoms with Crippen LogP contribution in [0, 0.1) is 11.8 Å². The maximum absolute atomic E-state index is 12.6. The second-order valence-corrected chi connectivity index (χ2v) is 7.63. The van der Waals surface area contributed by atoms with E-state index in [9.17, 15) is 9.59 Å². The molecule has 0 bridgehead atoms. The summed E-state index contributed by atoms with van der Waals surface area (Å²) in [6.45, 7) is 0.940. The van der Waals surface area contributed by atoms with Crippen LogP contribution in [0.3, 0.4) is 0 Å². The van der Waals surface area contributed by atoms with E-state index in [1.54, 1.807) is 7.11 Å². The van der Waals surface area contributed by atoms with Gasteiger partial charge in [-0.15, -0.1) is 0 Å². The fourth-order valence-electron chi connectivity index (χ4n) is 3.82. The number of hydrogen-bond donors (Lipinski definition) is 0. The van der Waals surface area contributed by atoms with Crippen molar-refractivity contribution >= 4 is 27.7 Å². The Balaban J connectivity index is 1.69. The van der Waals surface area contributed by atoms with Crippen molar-refractivity contribution in [1.29, 1.82) is 0 Å². The van der Waals surface area contributed by atoms with Crippen LogP contribution in [-0.2, 0) is 16.1 Å². The number of methoxy groups -OCH3 is 1. The number of halogens is 1. The first-order valence-electron chi connectivity index (χ1n) is 8.37. The van der Waals surface area contributed by atoms with E-state index in [-0.39, 0.29) is 23.7 Å². The van der Waals surface area contributed by atoms with Gasteiger partial charge in [0.25, 0.3) is 0 Å². The predicted octanol–water partition coefficient (Wildman–Crippen LogP) is 3.02. The molecule has 5 nitrogen and oxygen atoms in total. The molecule has 0 aromatic heterocycles. The van der Waals surface area contributed by atoms with Gasteiger partial charge in [0.05, 0.1) is 25.6 Å². The molecule has 130 valence electrons. The number of fused-ring (bicyclic) bond motifs is 1. The summed E-state index contributed by atoms with van der Waals surface area (Å²) in [5.74, 6) is 0.661. The quantitative estimate of drug-likeness (QED) is 0.720. The monoisotopic (exact) mass is 394 g/mol. The van der Waals surface area contributed by atoms with Crippen molar-refractivity contribution < 1.29 is 14.3 Å². The van der Waals surface area contributed by atoms with Crippen molar-refractivity contribution in [3.8, 4) is 5.75 Å². The average molecular weight is 395 g/mol. The van der Waals surface area contributed by atoms with Gasteiger partial charge in [-0.1, -0.05) is 28.8 Å². The topological polar surface area (TPSA) is 49.9 Å². The van der Waals surface area contributed by atoms with Crippen LogP contribution >= 0.6 is 15.9 Å². The Labute approximate surface area is 151 Å². The summed E-state index contributed by atoms with van der Waals surface area (Å²) in [5, 5.41) is 0. The second-order valence-electron chi connectivity index (χ2n) is 6.71. The van der Waals surface area contributed by atoms with Crippen LogP contribution in [0.1, 0.15) is 31.2 Å². The highest BCUT2D eigenvalue weighted by molar-refractivity contribution is 9.10. The highest BCUT2D eigenvalue weighted by Gasteiger charge is 2.48. The average Bonchev–Trinajstić information content (AvgIpc) is 2.80. The minimum Gasteiger partial charge on any atom is -0.496 e. The maximum Gasteiger partial charge on any atom is 0.234 e. The molecule has 0 unspecified atom stereocenters. The van der Waals surface area contributed by atoms with E-state index in [4.69, 9.17) is 4.74 Å². The van der Waals surface area contributed by atoms with Gasteiger partial charge in [-0.05, 0) is 38.1 Å². The molecule has 1 heterocycles. The van der Waals surface area contributed by atoms with Crippen LogP contribution in [0.2, 0.25) is 0 Å². The highest BCUT2D eigenvalue weighted by atomic mass is 79.9. The Kier molecular flexibility index (Phi) is 5.25. The third-order valence-corrected chi connectivity index (χ3v) is 5.49. The van der Waals surface area contributed by atoms with E-state index in [1.165, 1.54) is 4.90 Å². The summed E-state index contributed by atoms with van der Waals surface area (Å²) in [6, 6.07) is 5.84. The molecule has 1 aromatic rings. The number of imide groups is 1. The fourth-order valence-corrected chi connectivity index (χ4v) is 4.23. The number of ether oxygens (including phenoxy) is 1. The SMILES string of the molecule is COc1ccc(Br)cc1CN(C)CN1C(=O)[C@H]2CCCC[C@@H]2C1=O. The van der Waals surface area contributed by atoms with E-state index >= 15 is 0 Å². The lowest BCUT2D eigenvalue weighted by molar-refractivity contribution is -0.142. The van der Waals surface area contributed by atoms with Gasteiger partial charge in [-0.25, -0.2) is 0 Å². The molecule has 1 aliphatic heterocycles. The number of amides is 2. The minimum atomic E-state index is -0.0833. The molecule has 2 atom stereocenters. The third kappa shape index (κ3) is 3.35. The zero-order chi connectivity index (χ0) is 17.3. The lowest BCUT2D eigenvalue weighted by Crippen LogP contribution is -2.40. The van der Waals surface area contributed by atoms with E-state index in [2.05, 4.69) is 15.9 Å². The number of likely N-dealkylation sites (tertiary alicyclic amines) is 1. The molecule has 1 saturated carbocycles. The first kappa shape index (κ1) is 17.4. The van der Waals surface area contributed by atoms with Gasteiger partial charge in [0.15, 0.2) is 0 Å². The molecule has 3 rings (SSSR count). The van der Waals surface area contributed by atoms with Gasteiger partial charge in [0, 0.05) is 16.6 Å². The summed E-state index contributed by atoms with van der Waals surface area (Å²) < 4.78 is 6.37. The van der Waals surface area contributed by atoms with Crippen molar-refractivity contribution in [3.05, 3.63) is 28.2 Å². The van der Waals surface area contributed by atoms with Gasteiger partial charge in [-0.3, -0.25) is 19.4 Å². The highest BCUT2D eigenvalue weighted by Crippen LogP contribution is 2.38. The van der Waals surface area contributed by atoms with Crippen molar-refractivity contribution in [2.75, 3.05) is 20.8 Å². The molecule has 2 amide bonds. The number of hydrogen-bond acceptors (Lipinski definition) is 4. The molecule has 1 aromatic carbocycles. The number of nitrogens with zero attached hydrogens (tertiary/aromatic N) is 2. The Morgan fingerprint density at radius 3 is 2.42 bits per heavy atom. The van der Waals surface area contributed by atoms with Crippen LogP contribution < -0.4 is 4.74 Å². The van der Waals surface area contributed by atoms with Crippen molar-refractivity contribution in [2.24, 2.45) is 11.8 Å². The molecule has 6 heteroatoms. The summed E-state index contributed by atoms with van der Waals surface area (Å²) in [5.41, 5.74) is 1.02.